The van der Waals surface area contributed by atoms with E-state index in [1.165, 1.54) is 0 Å². The number of likely N-dealkylation sites (tertiary alicyclic amines) is 1. The summed E-state index contributed by atoms with van der Waals surface area (Å²) < 4.78 is 0. The average Bonchev–Trinajstić information content (AvgIpc) is 2.66. The van der Waals surface area contributed by atoms with Crippen molar-refractivity contribution in [2.75, 3.05) is 19.6 Å². The first-order valence-electron chi connectivity index (χ1n) is 7.34. The maximum Gasteiger partial charge on any atom is 0.239 e. The monoisotopic (exact) mass is 252 g/mol. The largest absolute Gasteiger partial charge is 0.341 e. The van der Waals surface area contributed by atoms with Crippen LogP contribution >= 0.6 is 0 Å². The van der Waals surface area contributed by atoms with E-state index in [9.17, 15) is 4.79 Å². The van der Waals surface area contributed by atoms with E-state index in [1.54, 1.807) is 0 Å². The van der Waals surface area contributed by atoms with Gasteiger partial charge in [-0.1, -0.05) is 34.6 Å². The minimum absolute atomic E-state index is 0.0636. The molecule has 0 spiro atoms. The van der Waals surface area contributed by atoms with Crippen LogP contribution < -0.4 is 5.32 Å². The number of likely N-dealkylation sites (N-methyl/N-ethyl adjacent to an activating group) is 1. The topological polar surface area (TPSA) is 32.3 Å². The summed E-state index contributed by atoms with van der Waals surface area (Å²) in [7, 11) is 0. The second-order valence-corrected chi connectivity index (χ2v) is 7.03. The molecule has 1 saturated heterocycles. The summed E-state index contributed by atoms with van der Waals surface area (Å²) in [6.45, 7) is 14.2. The van der Waals surface area contributed by atoms with Crippen molar-refractivity contribution in [2.24, 2.45) is 16.7 Å². The van der Waals surface area contributed by atoms with Crippen LogP contribution in [0, 0.1) is 16.7 Å². The molecule has 1 aliphatic carbocycles. The van der Waals surface area contributed by atoms with Gasteiger partial charge < -0.3 is 10.2 Å². The lowest BCUT2D eigenvalue weighted by Gasteiger charge is -2.33. The lowest BCUT2D eigenvalue weighted by atomic mass is 10.0. The number of hydrogen-bond acceptors (Lipinski definition) is 2. The summed E-state index contributed by atoms with van der Waals surface area (Å²) in [5, 5.41) is 3.31. The Balaban J connectivity index is 1.96. The molecule has 1 N–H and O–H groups in total. The molecular formula is C15H28N2O. The molecule has 18 heavy (non-hydrogen) atoms. The minimum Gasteiger partial charge on any atom is -0.341 e. The standard InChI is InChI=1S/C15H28N2O/c1-6-16-11-8-7-9-17(13(11)18)10-12-14(2,3)15(12,4)5/h11-12,16H,6-10H2,1-5H3. The van der Waals surface area contributed by atoms with Crippen molar-refractivity contribution in [3.63, 3.8) is 0 Å². The van der Waals surface area contributed by atoms with E-state index in [0.717, 1.165) is 32.5 Å². The van der Waals surface area contributed by atoms with E-state index < -0.39 is 0 Å². The smallest absolute Gasteiger partial charge is 0.239 e. The first-order valence-corrected chi connectivity index (χ1v) is 7.34. The highest BCUT2D eigenvalue weighted by molar-refractivity contribution is 5.82. The SMILES string of the molecule is CCNC1CCCN(CC2C(C)(C)C2(C)C)C1=O. The molecule has 1 unspecified atom stereocenters. The lowest BCUT2D eigenvalue weighted by molar-refractivity contribution is -0.136. The van der Waals surface area contributed by atoms with Gasteiger partial charge >= 0.3 is 0 Å². The van der Waals surface area contributed by atoms with E-state index in [0.29, 0.717) is 22.7 Å². The third-order valence-electron chi connectivity index (χ3n) is 5.70. The fourth-order valence-electron chi connectivity index (χ4n) is 3.57. The number of nitrogens with zero attached hydrogens (tertiary/aromatic N) is 1. The van der Waals surface area contributed by atoms with Crippen LogP contribution in [-0.2, 0) is 4.79 Å². The average molecular weight is 252 g/mol. The number of amides is 1. The molecule has 2 rings (SSSR count). The number of hydrogen-bond donors (Lipinski definition) is 1. The highest BCUT2D eigenvalue weighted by atomic mass is 16.2. The molecule has 2 aliphatic rings. The van der Waals surface area contributed by atoms with Crippen molar-refractivity contribution in [3.8, 4) is 0 Å². The summed E-state index contributed by atoms with van der Waals surface area (Å²) >= 11 is 0. The summed E-state index contributed by atoms with van der Waals surface area (Å²) in [5.74, 6) is 0.968. The van der Waals surface area contributed by atoms with Gasteiger partial charge in [-0.2, -0.15) is 0 Å². The quantitative estimate of drug-likeness (QED) is 0.832. The summed E-state index contributed by atoms with van der Waals surface area (Å²) in [6, 6.07) is 0.0636. The van der Waals surface area contributed by atoms with Crippen LogP contribution in [0.1, 0.15) is 47.5 Å². The van der Waals surface area contributed by atoms with E-state index in [2.05, 4.69) is 44.8 Å². The normalized spacial score (nSPS) is 30.6. The van der Waals surface area contributed by atoms with Gasteiger partial charge in [0.15, 0.2) is 0 Å². The van der Waals surface area contributed by atoms with E-state index in [1.807, 2.05) is 0 Å². The Bertz CT molecular complexity index is 319. The van der Waals surface area contributed by atoms with Crippen LogP contribution in [-0.4, -0.2) is 36.5 Å². The minimum atomic E-state index is 0.0636. The molecule has 0 aromatic carbocycles. The van der Waals surface area contributed by atoms with Crippen LogP contribution in [0.25, 0.3) is 0 Å². The van der Waals surface area contributed by atoms with Crippen molar-refractivity contribution in [3.05, 3.63) is 0 Å². The highest BCUT2D eigenvalue weighted by Crippen LogP contribution is 2.68. The molecule has 104 valence electrons. The van der Waals surface area contributed by atoms with Gasteiger partial charge in [-0.25, -0.2) is 0 Å². The van der Waals surface area contributed by atoms with Crippen LogP contribution in [0.3, 0.4) is 0 Å². The number of rotatable bonds is 4. The maximum absolute atomic E-state index is 12.4. The second kappa shape index (κ2) is 4.52. The third-order valence-corrected chi connectivity index (χ3v) is 5.70. The zero-order valence-electron chi connectivity index (χ0n) is 12.5. The first kappa shape index (κ1) is 13.9. The van der Waals surface area contributed by atoms with Crippen molar-refractivity contribution in [1.29, 1.82) is 0 Å². The van der Waals surface area contributed by atoms with E-state index >= 15 is 0 Å². The van der Waals surface area contributed by atoms with Gasteiger partial charge in [-0.15, -0.1) is 0 Å². The zero-order valence-corrected chi connectivity index (χ0v) is 12.5. The zero-order chi connectivity index (χ0) is 13.6. The fourth-order valence-corrected chi connectivity index (χ4v) is 3.57. The summed E-state index contributed by atoms with van der Waals surface area (Å²) in [6.07, 6.45) is 2.14. The second-order valence-electron chi connectivity index (χ2n) is 7.03. The number of carbonyl (C=O) groups excluding carboxylic acids is 1. The van der Waals surface area contributed by atoms with Gasteiger partial charge in [0.25, 0.3) is 0 Å². The van der Waals surface area contributed by atoms with Crippen molar-refractivity contribution >= 4 is 5.91 Å². The molecule has 0 aromatic rings. The summed E-state index contributed by atoms with van der Waals surface area (Å²) in [4.78, 5) is 14.5. The molecule has 0 bridgehead atoms. The van der Waals surface area contributed by atoms with Gasteiger partial charge in [0, 0.05) is 13.1 Å². The van der Waals surface area contributed by atoms with Crippen LogP contribution in [0.5, 0.6) is 0 Å². The van der Waals surface area contributed by atoms with E-state index in [-0.39, 0.29) is 6.04 Å². The van der Waals surface area contributed by atoms with Crippen molar-refractivity contribution in [1.82, 2.24) is 10.2 Å². The molecule has 1 amide bonds. The molecular weight excluding hydrogens is 224 g/mol. The molecule has 1 heterocycles. The molecule has 1 atom stereocenters. The van der Waals surface area contributed by atoms with Gasteiger partial charge in [-0.3, -0.25) is 4.79 Å². The Labute approximate surface area is 111 Å². The molecule has 3 heteroatoms. The van der Waals surface area contributed by atoms with Gasteiger partial charge in [0.05, 0.1) is 6.04 Å². The molecule has 3 nitrogen and oxygen atoms in total. The van der Waals surface area contributed by atoms with Crippen molar-refractivity contribution in [2.45, 2.75) is 53.5 Å². The Kier molecular flexibility index (Phi) is 3.48. The van der Waals surface area contributed by atoms with Crippen LogP contribution in [0.4, 0.5) is 0 Å². The molecule has 0 aromatic heterocycles. The number of nitrogens with one attached hydrogen (secondary N) is 1. The highest BCUT2D eigenvalue weighted by Gasteiger charge is 2.64. The molecule has 1 saturated carbocycles. The number of carbonyl (C=O) groups is 1. The van der Waals surface area contributed by atoms with Gasteiger partial charge in [0.2, 0.25) is 5.91 Å². The number of piperidine rings is 1. The lowest BCUT2D eigenvalue weighted by Crippen LogP contribution is -2.51. The molecule has 0 radical (unpaired) electrons. The summed E-state index contributed by atoms with van der Waals surface area (Å²) in [5.41, 5.74) is 0.747. The van der Waals surface area contributed by atoms with Crippen molar-refractivity contribution < 1.29 is 4.79 Å². The molecule has 2 fully saturated rings. The van der Waals surface area contributed by atoms with Gasteiger partial charge in [-0.05, 0) is 36.1 Å². The van der Waals surface area contributed by atoms with E-state index in [4.69, 9.17) is 0 Å². The Hall–Kier alpha value is -0.570. The fraction of sp³-hybridized carbons (Fsp3) is 0.933. The molecule has 1 aliphatic heterocycles. The third kappa shape index (κ3) is 2.07. The first-order chi connectivity index (χ1) is 8.32. The predicted octanol–water partition coefficient (Wildman–Crippen LogP) is 2.27. The van der Waals surface area contributed by atoms with Crippen LogP contribution in [0.2, 0.25) is 0 Å². The predicted molar refractivity (Wildman–Crippen MR) is 74.3 cm³/mol. The van der Waals surface area contributed by atoms with Crippen LogP contribution in [0.15, 0.2) is 0 Å². The maximum atomic E-state index is 12.4. The van der Waals surface area contributed by atoms with Gasteiger partial charge in [0.1, 0.15) is 0 Å². The Morgan fingerprint density at radius 3 is 2.39 bits per heavy atom. The Morgan fingerprint density at radius 2 is 1.89 bits per heavy atom. The Morgan fingerprint density at radius 1 is 1.28 bits per heavy atom.